The molecule has 1 saturated heterocycles. The summed E-state index contributed by atoms with van der Waals surface area (Å²) in [4.78, 5) is 29.6. The van der Waals surface area contributed by atoms with Crippen LogP contribution in [0.5, 0.6) is 5.75 Å². The number of fused-ring (bicyclic) bond motifs is 1. The molecule has 0 radical (unpaired) electrons. The van der Waals surface area contributed by atoms with E-state index in [0.29, 0.717) is 54.7 Å². The van der Waals surface area contributed by atoms with E-state index in [1.165, 1.54) is 0 Å². The van der Waals surface area contributed by atoms with Gasteiger partial charge in [0.05, 0.1) is 17.8 Å². The lowest BCUT2D eigenvalue weighted by Crippen LogP contribution is -2.32. The molecular weight excluding hydrogens is 426 g/mol. The maximum Gasteiger partial charge on any atom is 0.276 e. The van der Waals surface area contributed by atoms with E-state index in [1.54, 1.807) is 33.5 Å². The second kappa shape index (κ2) is 9.43. The fraction of sp³-hybridized carbons (Fsp3) is 0.364. The Morgan fingerprint density at radius 2 is 2.12 bits per heavy atom. The number of aromatic nitrogens is 4. The van der Waals surface area contributed by atoms with Gasteiger partial charge in [0.15, 0.2) is 0 Å². The van der Waals surface area contributed by atoms with E-state index in [2.05, 4.69) is 15.4 Å². The number of rotatable bonds is 9. The molecule has 2 amide bonds. The van der Waals surface area contributed by atoms with Crippen LogP contribution in [0.25, 0.3) is 11.0 Å². The van der Waals surface area contributed by atoms with E-state index in [1.807, 2.05) is 19.9 Å². The highest BCUT2D eigenvalue weighted by atomic mass is 16.7. The summed E-state index contributed by atoms with van der Waals surface area (Å²) >= 11 is 0. The molecule has 3 aromatic rings. The average Bonchev–Trinajstić information content (AvgIpc) is 3.30. The van der Waals surface area contributed by atoms with Gasteiger partial charge in [0.2, 0.25) is 18.1 Å². The maximum absolute atomic E-state index is 13.1. The van der Waals surface area contributed by atoms with Crippen LogP contribution in [0.3, 0.4) is 0 Å². The van der Waals surface area contributed by atoms with Gasteiger partial charge < -0.3 is 25.5 Å². The normalized spacial score (nSPS) is 15.7. The summed E-state index contributed by atoms with van der Waals surface area (Å²) in [6, 6.07) is 4.86. The summed E-state index contributed by atoms with van der Waals surface area (Å²) in [5, 5.41) is 7.20. The molecule has 0 spiro atoms. The van der Waals surface area contributed by atoms with Gasteiger partial charge in [-0.15, -0.1) is 0 Å². The molecular formula is C22H27N7O4. The molecule has 33 heavy (non-hydrogen) atoms. The summed E-state index contributed by atoms with van der Waals surface area (Å²) in [5.74, 6) is -0.271. The summed E-state index contributed by atoms with van der Waals surface area (Å²) in [6.07, 6.45) is 3.98. The van der Waals surface area contributed by atoms with Crippen molar-refractivity contribution in [2.75, 3.05) is 18.5 Å². The first-order chi connectivity index (χ1) is 15.9. The molecule has 1 aliphatic heterocycles. The largest absolute Gasteiger partial charge is 0.463 e. The van der Waals surface area contributed by atoms with Crippen LogP contribution in [0.4, 0.5) is 5.95 Å². The van der Waals surface area contributed by atoms with Gasteiger partial charge in [0.1, 0.15) is 17.0 Å². The van der Waals surface area contributed by atoms with E-state index < -0.39 is 12.2 Å². The van der Waals surface area contributed by atoms with Crippen LogP contribution >= 0.6 is 0 Å². The fourth-order valence-electron chi connectivity index (χ4n) is 3.59. The molecule has 1 aliphatic rings. The van der Waals surface area contributed by atoms with Gasteiger partial charge in [0.25, 0.3) is 5.91 Å². The fourth-order valence-corrected chi connectivity index (χ4v) is 3.59. The first-order valence-corrected chi connectivity index (χ1v) is 10.7. The minimum Gasteiger partial charge on any atom is -0.463 e. The molecule has 0 bridgehead atoms. The SMILES string of the molecule is CCn1nc(C)cc1C(=O)Nc1nc2cc(C(N)=O)cc(OC3CCO3)c2n1C/C=C/CN. The lowest BCUT2D eigenvalue weighted by Gasteiger charge is -2.27. The van der Waals surface area contributed by atoms with Crippen molar-refractivity contribution >= 4 is 28.8 Å². The predicted octanol–water partition coefficient (Wildman–Crippen LogP) is 1.55. The van der Waals surface area contributed by atoms with Gasteiger partial charge >= 0.3 is 0 Å². The van der Waals surface area contributed by atoms with Crippen LogP contribution in [0, 0.1) is 6.92 Å². The Bertz CT molecular complexity index is 1220. The molecule has 11 heteroatoms. The Morgan fingerprint density at radius 3 is 2.76 bits per heavy atom. The summed E-state index contributed by atoms with van der Waals surface area (Å²) in [5.41, 5.74) is 13.6. The average molecular weight is 454 g/mol. The molecule has 174 valence electrons. The Kier molecular flexibility index (Phi) is 6.43. The molecule has 1 unspecified atom stereocenters. The van der Waals surface area contributed by atoms with Crippen molar-refractivity contribution in [2.45, 2.75) is 39.6 Å². The summed E-state index contributed by atoms with van der Waals surface area (Å²) < 4.78 is 14.8. The highest BCUT2D eigenvalue weighted by Crippen LogP contribution is 2.33. The van der Waals surface area contributed by atoms with Crippen molar-refractivity contribution in [1.29, 1.82) is 0 Å². The zero-order valence-corrected chi connectivity index (χ0v) is 18.6. The Labute approximate surface area is 190 Å². The minimum absolute atomic E-state index is 0.247. The third kappa shape index (κ3) is 4.59. The Hall–Kier alpha value is -3.70. The number of nitrogens with one attached hydrogen (secondary N) is 1. The number of primary amides is 1. The summed E-state index contributed by atoms with van der Waals surface area (Å²) in [6.45, 7) is 5.63. The van der Waals surface area contributed by atoms with Gasteiger partial charge in [-0.3, -0.25) is 19.6 Å². The number of allylic oxidation sites excluding steroid dienone is 1. The molecule has 11 nitrogen and oxygen atoms in total. The van der Waals surface area contributed by atoms with Gasteiger partial charge in [0, 0.05) is 31.6 Å². The molecule has 2 aromatic heterocycles. The van der Waals surface area contributed by atoms with E-state index in [4.69, 9.17) is 20.9 Å². The van der Waals surface area contributed by atoms with Gasteiger partial charge in [-0.05, 0) is 32.0 Å². The van der Waals surface area contributed by atoms with E-state index in [0.717, 1.165) is 12.1 Å². The van der Waals surface area contributed by atoms with Gasteiger partial charge in [-0.1, -0.05) is 12.2 Å². The third-order valence-electron chi connectivity index (χ3n) is 5.26. The number of hydrogen-bond acceptors (Lipinski definition) is 7. The van der Waals surface area contributed by atoms with Crippen LogP contribution in [-0.4, -0.2) is 50.6 Å². The molecule has 0 saturated carbocycles. The number of ether oxygens (including phenoxy) is 2. The summed E-state index contributed by atoms with van der Waals surface area (Å²) in [7, 11) is 0. The number of carbonyl (C=O) groups excluding carboxylic acids is 2. The van der Waals surface area contributed by atoms with Crippen molar-refractivity contribution in [3.05, 3.63) is 47.3 Å². The number of nitrogens with zero attached hydrogens (tertiary/aromatic N) is 4. The standard InChI is InChI=1S/C22H27N7O4/c1-3-29-16(10-13(2)27-29)21(31)26-22-25-15-11-14(20(24)30)12-17(33-18-6-9-32-18)19(15)28(22)8-5-4-7-23/h4-5,10-12,18H,3,6-9,23H2,1-2H3,(H2,24,30)(H,25,26,31)/b5-4+. The molecule has 5 N–H and O–H groups in total. The lowest BCUT2D eigenvalue weighted by atomic mass is 10.1. The molecule has 4 rings (SSSR count). The number of hydrogen-bond donors (Lipinski definition) is 3. The van der Waals surface area contributed by atoms with Crippen molar-refractivity contribution in [2.24, 2.45) is 11.5 Å². The molecule has 1 atom stereocenters. The molecule has 3 heterocycles. The van der Waals surface area contributed by atoms with Crippen LogP contribution in [-0.2, 0) is 17.8 Å². The highest BCUT2D eigenvalue weighted by molar-refractivity contribution is 6.04. The second-order valence-electron chi connectivity index (χ2n) is 7.61. The predicted molar refractivity (Wildman–Crippen MR) is 122 cm³/mol. The first-order valence-electron chi connectivity index (χ1n) is 10.7. The maximum atomic E-state index is 13.1. The zero-order valence-electron chi connectivity index (χ0n) is 18.6. The smallest absolute Gasteiger partial charge is 0.276 e. The van der Waals surface area contributed by atoms with Crippen molar-refractivity contribution in [1.82, 2.24) is 19.3 Å². The molecule has 1 aromatic carbocycles. The van der Waals surface area contributed by atoms with Gasteiger partial charge in [-0.2, -0.15) is 5.10 Å². The van der Waals surface area contributed by atoms with E-state index in [9.17, 15) is 9.59 Å². The van der Waals surface area contributed by atoms with E-state index >= 15 is 0 Å². The number of amides is 2. The van der Waals surface area contributed by atoms with Crippen molar-refractivity contribution in [3.63, 3.8) is 0 Å². The monoisotopic (exact) mass is 453 g/mol. The number of anilines is 1. The van der Waals surface area contributed by atoms with E-state index in [-0.39, 0.29) is 11.5 Å². The van der Waals surface area contributed by atoms with Crippen molar-refractivity contribution < 1.29 is 19.1 Å². The number of aryl methyl sites for hydroxylation is 2. The molecule has 0 aliphatic carbocycles. The minimum atomic E-state index is -0.609. The Balaban J connectivity index is 1.80. The Morgan fingerprint density at radius 1 is 1.33 bits per heavy atom. The van der Waals surface area contributed by atoms with Crippen LogP contribution < -0.4 is 21.5 Å². The third-order valence-corrected chi connectivity index (χ3v) is 5.26. The first kappa shape index (κ1) is 22.5. The highest BCUT2D eigenvalue weighted by Gasteiger charge is 2.25. The van der Waals surface area contributed by atoms with Gasteiger partial charge in [-0.25, -0.2) is 4.98 Å². The quantitative estimate of drug-likeness (QED) is 0.416. The zero-order chi connectivity index (χ0) is 23.5. The molecule has 1 fully saturated rings. The number of benzene rings is 1. The topological polar surface area (TPSA) is 152 Å². The number of imidazole rings is 1. The van der Waals surface area contributed by atoms with Crippen LogP contribution in [0.15, 0.2) is 30.4 Å². The van der Waals surface area contributed by atoms with Crippen molar-refractivity contribution in [3.8, 4) is 5.75 Å². The lowest BCUT2D eigenvalue weighted by molar-refractivity contribution is -0.164. The second-order valence-corrected chi connectivity index (χ2v) is 7.61. The van der Waals surface area contributed by atoms with Crippen LogP contribution in [0.1, 0.15) is 39.9 Å². The number of nitrogens with two attached hydrogens (primary N) is 2. The number of carbonyl (C=O) groups is 2. The van der Waals surface area contributed by atoms with Crippen LogP contribution in [0.2, 0.25) is 0 Å².